The molecule has 1 unspecified atom stereocenters. The fraction of sp³-hybridized carbons (Fsp3) is 0.278. The highest BCUT2D eigenvalue weighted by molar-refractivity contribution is 5.97. The molecule has 0 radical (unpaired) electrons. The summed E-state index contributed by atoms with van der Waals surface area (Å²) in [6.45, 7) is 2.19. The molecular formula is C36H36F4N4O5. The van der Waals surface area contributed by atoms with Crippen LogP contribution in [0.3, 0.4) is 0 Å². The van der Waals surface area contributed by atoms with Crippen molar-refractivity contribution in [1.82, 2.24) is 10.6 Å². The summed E-state index contributed by atoms with van der Waals surface area (Å²) in [6, 6.07) is 18.8. The van der Waals surface area contributed by atoms with Crippen molar-refractivity contribution in [3.63, 3.8) is 0 Å². The van der Waals surface area contributed by atoms with Crippen LogP contribution >= 0.6 is 0 Å². The second-order valence-corrected chi connectivity index (χ2v) is 11.6. The highest BCUT2D eigenvalue weighted by atomic mass is 19.1. The van der Waals surface area contributed by atoms with E-state index in [0.29, 0.717) is 17.7 Å². The molecule has 4 aromatic rings. The minimum absolute atomic E-state index is 0.0239. The summed E-state index contributed by atoms with van der Waals surface area (Å²) in [4.78, 5) is 25.7. The van der Waals surface area contributed by atoms with Crippen LogP contribution in [0.15, 0.2) is 91.0 Å². The predicted octanol–water partition coefficient (Wildman–Crippen LogP) is 5.56. The Hall–Kier alpha value is -4.98. The number of halogens is 4. The first kappa shape index (κ1) is 35.3. The first-order chi connectivity index (χ1) is 23.6. The van der Waals surface area contributed by atoms with Gasteiger partial charge in [0.25, 0.3) is 0 Å². The second kappa shape index (κ2) is 16.4. The van der Waals surface area contributed by atoms with Crippen LogP contribution in [0.1, 0.15) is 35.6 Å². The normalized spacial score (nSPS) is 17.2. The SMILES string of the molecule is C[C@H](NC(=O)OC[C@@H]1CO[C@H](COc2c(F)cccc2NC(=O)C(N)C(c2ccc(F)cc2)c2ccc(F)cc2)CN1)c1ccc(F)cc1. The number of carbonyl (C=O) groups is 2. The van der Waals surface area contributed by atoms with Crippen LogP contribution in [0.5, 0.6) is 5.75 Å². The summed E-state index contributed by atoms with van der Waals surface area (Å²) in [6.07, 6.45) is -1.13. The van der Waals surface area contributed by atoms with Gasteiger partial charge in [0.15, 0.2) is 11.6 Å². The zero-order chi connectivity index (χ0) is 34.9. The molecule has 1 aliphatic heterocycles. The van der Waals surface area contributed by atoms with Gasteiger partial charge < -0.3 is 35.9 Å². The Morgan fingerprint density at radius 3 is 1.98 bits per heavy atom. The Balaban J connectivity index is 1.14. The Labute approximate surface area is 280 Å². The monoisotopic (exact) mass is 680 g/mol. The number of benzene rings is 4. The van der Waals surface area contributed by atoms with Crippen molar-refractivity contribution in [3.8, 4) is 5.75 Å². The number of amides is 2. The Bertz CT molecular complexity index is 1660. The van der Waals surface area contributed by atoms with E-state index in [1.807, 2.05) is 0 Å². The van der Waals surface area contributed by atoms with Crippen LogP contribution in [-0.4, -0.2) is 56.6 Å². The molecule has 4 atom stereocenters. The van der Waals surface area contributed by atoms with Gasteiger partial charge in [0.1, 0.15) is 36.8 Å². The fourth-order valence-corrected chi connectivity index (χ4v) is 5.36. The molecule has 1 fully saturated rings. The smallest absolute Gasteiger partial charge is 0.407 e. The van der Waals surface area contributed by atoms with E-state index in [4.69, 9.17) is 19.9 Å². The molecule has 2 amide bonds. The highest BCUT2D eigenvalue weighted by Crippen LogP contribution is 2.32. The second-order valence-electron chi connectivity index (χ2n) is 11.6. The first-order valence-electron chi connectivity index (χ1n) is 15.6. The maximum absolute atomic E-state index is 15.0. The molecule has 1 heterocycles. The van der Waals surface area contributed by atoms with Crippen molar-refractivity contribution in [2.24, 2.45) is 5.73 Å². The molecule has 0 bridgehead atoms. The van der Waals surface area contributed by atoms with Crippen LogP contribution < -0.4 is 26.4 Å². The molecule has 9 nitrogen and oxygen atoms in total. The molecule has 0 saturated carbocycles. The summed E-state index contributed by atoms with van der Waals surface area (Å²) >= 11 is 0. The molecule has 5 rings (SSSR count). The zero-order valence-corrected chi connectivity index (χ0v) is 26.5. The molecular weight excluding hydrogens is 644 g/mol. The number of ether oxygens (including phenoxy) is 3. The van der Waals surface area contributed by atoms with Crippen LogP contribution in [0, 0.1) is 23.3 Å². The number of hydrogen-bond acceptors (Lipinski definition) is 7. The number of rotatable bonds is 12. The molecule has 258 valence electrons. The summed E-state index contributed by atoms with van der Waals surface area (Å²) in [5, 5.41) is 8.53. The number of hydrogen-bond donors (Lipinski definition) is 4. The van der Waals surface area contributed by atoms with Gasteiger partial charge in [0.05, 0.1) is 30.4 Å². The van der Waals surface area contributed by atoms with E-state index in [1.54, 1.807) is 19.1 Å². The van der Waals surface area contributed by atoms with Gasteiger partial charge in [-0.1, -0.05) is 42.5 Å². The van der Waals surface area contributed by atoms with Gasteiger partial charge in [0, 0.05) is 12.5 Å². The van der Waals surface area contributed by atoms with Gasteiger partial charge >= 0.3 is 6.09 Å². The lowest BCUT2D eigenvalue weighted by molar-refractivity contribution is -0.117. The number of anilines is 1. The van der Waals surface area contributed by atoms with Gasteiger partial charge in [-0.25, -0.2) is 22.4 Å². The van der Waals surface area contributed by atoms with Crippen LogP contribution in [0.4, 0.5) is 28.0 Å². The average Bonchev–Trinajstić information content (AvgIpc) is 3.09. The molecule has 1 aliphatic rings. The van der Waals surface area contributed by atoms with Crippen LogP contribution in [-0.2, 0) is 14.3 Å². The topological polar surface area (TPSA) is 124 Å². The van der Waals surface area contributed by atoms with Crippen LogP contribution in [0.2, 0.25) is 0 Å². The minimum Gasteiger partial charge on any atom is -0.486 e. The van der Waals surface area contributed by atoms with Crippen molar-refractivity contribution in [1.29, 1.82) is 0 Å². The third-order valence-corrected chi connectivity index (χ3v) is 8.05. The number of morpholine rings is 1. The lowest BCUT2D eigenvalue weighted by Gasteiger charge is -2.30. The standard InChI is InChI=1S/C36H36F4N4O5/c1-21(22-5-11-25(37)12-6-22)43-36(46)49-19-28-18-47-29(17-42-28)20-48-34-30(40)3-2-4-31(34)44-35(45)33(41)32(23-7-13-26(38)14-8-23)24-9-15-27(39)16-10-24/h2-16,21,28-29,32-33,42H,17-20,41H2,1H3,(H,43,46)(H,44,45)/t21-,28-,29-,33?/m0/s1. The lowest BCUT2D eigenvalue weighted by atomic mass is 9.85. The summed E-state index contributed by atoms with van der Waals surface area (Å²) in [5.74, 6) is -3.71. The number of nitrogens with two attached hydrogens (primary N) is 1. The van der Waals surface area contributed by atoms with Gasteiger partial charge in [-0.3, -0.25) is 4.79 Å². The van der Waals surface area contributed by atoms with Gasteiger partial charge in [-0.2, -0.15) is 0 Å². The maximum atomic E-state index is 15.0. The van der Waals surface area contributed by atoms with Crippen molar-refractivity contribution in [2.45, 2.75) is 37.1 Å². The molecule has 0 spiro atoms. The van der Waals surface area contributed by atoms with Gasteiger partial charge in [-0.05, 0) is 72.1 Å². The Morgan fingerprint density at radius 1 is 0.857 bits per heavy atom. The van der Waals surface area contributed by atoms with E-state index < -0.39 is 47.5 Å². The average molecular weight is 681 g/mol. The molecule has 13 heteroatoms. The van der Waals surface area contributed by atoms with E-state index in [2.05, 4.69) is 16.0 Å². The van der Waals surface area contributed by atoms with Crippen molar-refractivity contribution in [3.05, 3.63) is 131 Å². The molecule has 49 heavy (non-hydrogen) atoms. The Morgan fingerprint density at radius 2 is 1.43 bits per heavy atom. The predicted molar refractivity (Wildman–Crippen MR) is 174 cm³/mol. The third kappa shape index (κ3) is 9.56. The third-order valence-electron chi connectivity index (χ3n) is 8.05. The summed E-state index contributed by atoms with van der Waals surface area (Å²) < 4.78 is 72.4. The van der Waals surface area contributed by atoms with Gasteiger partial charge in [-0.15, -0.1) is 0 Å². The molecule has 0 aliphatic carbocycles. The van der Waals surface area contributed by atoms with Crippen molar-refractivity contribution >= 4 is 17.7 Å². The highest BCUT2D eigenvalue weighted by Gasteiger charge is 2.30. The number of nitrogens with one attached hydrogen (secondary N) is 3. The van der Waals surface area contributed by atoms with E-state index in [-0.39, 0.29) is 49.2 Å². The number of carbonyl (C=O) groups excluding carboxylic acids is 2. The number of para-hydroxylation sites is 1. The molecule has 0 aromatic heterocycles. The van der Waals surface area contributed by atoms with E-state index in [9.17, 15) is 27.2 Å². The van der Waals surface area contributed by atoms with Crippen LogP contribution in [0.25, 0.3) is 0 Å². The summed E-state index contributed by atoms with van der Waals surface area (Å²) in [7, 11) is 0. The zero-order valence-electron chi connectivity index (χ0n) is 26.5. The van der Waals surface area contributed by atoms with Gasteiger partial charge in [0.2, 0.25) is 5.91 Å². The quantitative estimate of drug-likeness (QED) is 0.145. The lowest BCUT2D eigenvalue weighted by Crippen LogP contribution is -2.51. The van der Waals surface area contributed by atoms with E-state index in [0.717, 1.165) is 5.56 Å². The fourth-order valence-electron chi connectivity index (χ4n) is 5.36. The largest absolute Gasteiger partial charge is 0.486 e. The number of alkyl carbamates (subject to hydrolysis) is 1. The Kier molecular flexibility index (Phi) is 11.8. The van der Waals surface area contributed by atoms with E-state index >= 15 is 0 Å². The van der Waals surface area contributed by atoms with Crippen molar-refractivity contribution < 1.29 is 41.4 Å². The molecule has 1 saturated heterocycles. The maximum Gasteiger partial charge on any atom is 0.407 e. The van der Waals surface area contributed by atoms with Crippen molar-refractivity contribution in [2.75, 3.05) is 31.7 Å². The summed E-state index contributed by atoms with van der Waals surface area (Å²) in [5.41, 5.74) is 8.24. The molecule has 5 N–H and O–H groups in total. The minimum atomic E-state index is -1.23. The first-order valence-corrected chi connectivity index (χ1v) is 15.6. The molecule has 4 aromatic carbocycles. The van der Waals surface area contributed by atoms with E-state index in [1.165, 1.54) is 78.9 Å².